The Morgan fingerprint density at radius 3 is 2.31 bits per heavy atom. The second-order valence-corrected chi connectivity index (χ2v) is 10.6. The van der Waals surface area contributed by atoms with Crippen molar-refractivity contribution >= 4 is 28.8 Å². The normalized spacial score (nSPS) is 45.3. The van der Waals surface area contributed by atoms with Gasteiger partial charge in [0.2, 0.25) is 0 Å². The summed E-state index contributed by atoms with van der Waals surface area (Å²) in [6, 6.07) is 2.24. The zero-order chi connectivity index (χ0) is 17.2. The summed E-state index contributed by atoms with van der Waals surface area (Å²) in [4.78, 5) is 27.3. The first kappa shape index (κ1) is 14.6. The summed E-state index contributed by atoms with van der Waals surface area (Å²) in [5.74, 6) is 2.38. The first-order valence-corrected chi connectivity index (χ1v) is 11.1. The second kappa shape index (κ2) is 4.52. The molecule has 134 valence electrons. The maximum atomic E-state index is 13.1. The highest BCUT2D eigenvalue weighted by molar-refractivity contribution is 7.10. The fourth-order valence-corrected chi connectivity index (χ4v) is 9.19. The Hall–Kier alpha value is -1.42. The van der Waals surface area contributed by atoms with Gasteiger partial charge in [0, 0.05) is 10.3 Å². The van der Waals surface area contributed by atoms with Crippen molar-refractivity contribution in [3.63, 3.8) is 0 Å². The molecule has 0 aromatic carbocycles. The highest BCUT2D eigenvalue weighted by atomic mass is 32.1. The Morgan fingerprint density at radius 1 is 0.962 bits per heavy atom. The molecule has 4 heteroatoms. The standard InChI is InChI=1S/C22H22O3S/c23-20-17-16(12-1-2-12)15-3-4-26-19(15)22(18(17)21(24)25-20)13-6-10-5-11(8-13)9-14(22)7-10/h3-4,10-14,18H,1-2,5-9H2. The smallest absolute Gasteiger partial charge is 0.342 e. The van der Waals surface area contributed by atoms with Crippen LogP contribution in [0.1, 0.15) is 55.4 Å². The third kappa shape index (κ3) is 1.51. The average molecular weight is 366 g/mol. The highest BCUT2D eigenvalue weighted by Crippen LogP contribution is 2.71. The third-order valence-corrected chi connectivity index (χ3v) is 9.61. The summed E-state index contributed by atoms with van der Waals surface area (Å²) < 4.78 is 5.32. The molecule has 26 heavy (non-hydrogen) atoms. The molecule has 3 nitrogen and oxygen atoms in total. The number of thiophene rings is 1. The predicted octanol–water partition coefficient (Wildman–Crippen LogP) is 4.32. The Labute approximate surface area is 156 Å². The molecule has 1 aromatic rings. The summed E-state index contributed by atoms with van der Waals surface area (Å²) >= 11 is 1.85. The Kier molecular flexibility index (Phi) is 2.54. The monoisotopic (exact) mass is 366 g/mol. The Morgan fingerprint density at radius 2 is 1.65 bits per heavy atom. The molecular formula is C22H22O3S. The van der Waals surface area contributed by atoms with E-state index in [0.717, 1.165) is 30.3 Å². The summed E-state index contributed by atoms with van der Waals surface area (Å²) in [7, 11) is 0. The molecule has 1 saturated heterocycles. The summed E-state index contributed by atoms with van der Waals surface area (Å²) in [6.45, 7) is 0. The number of hydrogen-bond acceptors (Lipinski definition) is 4. The number of rotatable bonds is 1. The zero-order valence-electron chi connectivity index (χ0n) is 14.7. The van der Waals surface area contributed by atoms with Crippen LogP contribution in [-0.2, 0) is 19.7 Å². The molecule has 0 radical (unpaired) electrons. The van der Waals surface area contributed by atoms with Gasteiger partial charge in [-0.2, -0.15) is 0 Å². The quantitative estimate of drug-likeness (QED) is 0.549. The van der Waals surface area contributed by atoms with Crippen molar-refractivity contribution in [1.29, 1.82) is 0 Å². The lowest BCUT2D eigenvalue weighted by Crippen LogP contribution is -2.61. The molecule has 0 amide bonds. The Bertz CT molecular complexity index is 874. The van der Waals surface area contributed by atoms with Crippen LogP contribution in [-0.4, -0.2) is 11.9 Å². The summed E-state index contributed by atoms with van der Waals surface area (Å²) in [6.07, 6.45) is 8.66. The van der Waals surface area contributed by atoms with E-state index in [9.17, 15) is 9.59 Å². The van der Waals surface area contributed by atoms with Gasteiger partial charge in [-0.15, -0.1) is 11.3 Å². The first-order chi connectivity index (χ1) is 12.7. The van der Waals surface area contributed by atoms with Crippen molar-refractivity contribution in [1.82, 2.24) is 0 Å². The molecule has 4 bridgehead atoms. The summed E-state index contributed by atoms with van der Waals surface area (Å²) in [5, 5.41) is 2.21. The molecule has 6 fully saturated rings. The van der Waals surface area contributed by atoms with Gasteiger partial charge in [-0.25, -0.2) is 4.79 Å². The number of carbonyl (C=O) groups is 2. The van der Waals surface area contributed by atoms with Crippen LogP contribution in [0.2, 0.25) is 0 Å². The van der Waals surface area contributed by atoms with Gasteiger partial charge in [0.1, 0.15) is 5.92 Å². The van der Waals surface area contributed by atoms with Gasteiger partial charge >= 0.3 is 11.9 Å². The van der Waals surface area contributed by atoms with Crippen LogP contribution in [0.3, 0.4) is 0 Å². The zero-order valence-corrected chi connectivity index (χ0v) is 15.5. The minimum atomic E-state index is -0.327. The van der Waals surface area contributed by atoms with Crippen LogP contribution < -0.4 is 0 Å². The number of allylic oxidation sites excluding steroid dienone is 1. The molecule has 0 N–H and O–H groups in total. The third-order valence-electron chi connectivity index (χ3n) is 8.53. The predicted molar refractivity (Wildman–Crippen MR) is 97.3 cm³/mol. The van der Waals surface area contributed by atoms with Crippen molar-refractivity contribution < 1.29 is 14.3 Å². The van der Waals surface area contributed by atoms with Gasteiger partial charge in [-0.05, 0) is 97.1 Å². The van der Waals surface area contributed by atoms with E-state index in [1.807, 2.05) is 11.3 Å². The number of hydrogen-bond donors (Lipinski definition) is 0. The van der Waals surface area contributed by atoms with Gasteiger partial charge in [0.25, 0.3) is 0 Å². The molecule has 1 atom stereocenters. The molecule has 1 aromatic heterocycles. The van der Waals surface area contributed by atoms with Gasteiger partial charge in [0.05, 0.1) is 5.57 Å². The van der Waals surface area contributed by atoms with Crippen LogP contribution in [0.4, 0.5) is 0 Å². The lowest BCUT2D eigenvalue weighted by atomic mass is 9.40. The minimum Gasteiger partial charge on any atom is -0.389 e. The van der Waals surface area contributed by atoms with Crippen molar-refractivity contribution in [2.45, 2.75) is 50.4 Å². The topological polar surface area (TPSA) is 43.4 Å². The highest BCUT2D eigenvalue weighted by Gasteiger charge is 2.69. The van der Waals surface area contributed by atoms with E-state index in [-0.39, 0.29) is 23.3 Å². The lowest BCUT2D eigenvalue weighted by molar-refractivity contribution is -0.157. The first-order valence-electron chi connectivity index (χ1n) is 10.3. The largest absolute Gasteiger partial charge is 0.389 e. The fourth-order valence-electron chi connectivity index (χ4n) is 7.89. The van der Waals surface area contributed by atoms with Crippen LogP contribution >= 0.6 is 11.3 Å². The molecule has 5 saturated carbocycles. The molecule has 1 unspecified atom stereocenters. The van der Waals surface area contributed by atoms with E-state index in [0.29, 0.717) is 17.8 Å². The molecule has 8 rings (SSSR count). The molecule has 6 aliphatic carbocycles. The number of carbonyl (C=O) groups excluding carboxylic acids is 2. The molecule has 2 heterocycles. The second-order valence-electron chi connectivity index (χ2n) is 9.64. The van der Waals surface area contributed by atoms with Gasteiger partial charge in [0.15, 0.2) is 0 Å². The van der Waals surface area contributed by atoms with E-state index >= 15 is 0 Å². The minimum absolute atomic E-state index is 0.145. The molecular weight excluding hydrogens is 344 g/mol. The van der Waals surface area contributed by atoms with Crippen molar-refractivity contribution in [3.8, 4) is 0 Å². The fraction of sp³-hybridized carbons (Fsp3) is 0.636. The molecule has 1 spiro atoms. The SMILES string of the molecule is O=C1OC(=O)C2C1=C(C1CC1)c1ccsc1C21C2CC3CC(C2)CC1C3. The van der Waals surface area contributed by atoms with Gasteiger partial charge < -0.3 is 4.74 Å². The van der Waals surface area contributed by atoms with Crippen LogP contribution in [0.15, 0.2) is 17.0 Å². The van der Waals surface area contributed by atoms with E-state index in [2.05, 4.69) is 11.4 Å². The maximum absolute atomic E-state index is 13.1. The number of fused-ring (bicyclic) bond motifs is 2. The van der Waals surface area contributed by atoms with Crippen LogP contribution in [0.25, 0.3) is 5.57 Å². The van der Waals surface area contributed by atoms with Crippen molar-refractivity contribution in [2.24, 2.45) is 35.5 Å². The lowest BCUT2D eigenvalue weighted by Gasteiger charge is -2.63. The number of cyclic esters (lactones) is 2. The van der Waals surface area contributed by atoms with E-state index in [1.165, 1.54) is 48.1 Å². The summed E-state index contributed by atoms with van der Waals surface area (Å²) in [5.41, 5.74) is 3.12. The van der Waals surface area contributed by atoms with Crippen LogP contribution in [0.5, 0.6) is 0 Å². The van der Waals surface area contributed by atoms with Gasteiger partial charge in [-0.1, -0.05) is 0 Å². The number of esters is 2. The molecule has 7 aliphatic rings. The maximum Gasteiger partial charge on any atom is 0.342 e. The van der Waals surface area contributed by atoms with Crippen molar-refractivity contribution in [3.05, 3.63) is 27.5 Å². The van der Waals surface area contributed by atoms with E-state index < -0.39 is 0 Å². The molecule has 1 aliphatic heterocycles. The average Bonchev–Trinajstić information content (AvgIpc) is 3.24. The number of ether oxygens (including phenoxy) is 1. The van der Waals surface area contributed by atoms with Crippen molar-refractivity contribution in [2.75, 3.05) is 0 Å². The van der Waals surface area contributed by atoms with E-state index in [1.54, 1.807) is 0 Å². The van der Waals surface area contributed by atoms with Crippen LogP contribution in [0, 0.1) is 35.5 Å². The van der Waals surface area contributed by atoms with Gasteiger partial charge in [-0.3, -0.25) is 4.79 Å². The van der Waals surface area contributed by atoms with E-state index in [4.69, 9.17) is 4.74 Å². The Balaban J connectivity index is 1.54.